The Labute approximate surface area is 156 Å². The monoisotopic (exact) mass is 397 g/mol. The molecular weight excluding hydrogens is 358 g/mol. The van der Waals surface area contributed by atoms with E-state index < -0.39 is 0 Å². The van der Waals surface area contributed by atoms with E-state index in [1.165, 1.54) is 90.1 Å². The van der Waals surface area contributed by atoms with Crippen LogP contribution in [0.5, 0.6) is 0 Å². The Morgan fingerprint density at radius 2 is 0.955 bits per heavy atom. The van der Waals surface area contributed by atoms with Crippen LogP contribution in [-0.2, 0) is 0 Å². The summed E-state index contributed by atoms with van der Waals surface area (Å²) in [6, 6.07) is 0. The molecule has 0 aromatic rings. The molecule has 0 N–H and O–H groups in total. The lowest BCUT2D eigenvalue weighted by atomic mass is 10.1. The highest BCUT2D eigenvalue weighted by atomic mass is 79.9. The molecule has 0 aliphatic rings. The largest absolute Gasteiger partial charge is 1.00 e. The van der Waals surface area contributed by atoms with Crippen LogP contribution in [-0.4, -0.2) is 37.5 Å². The molecule has 0 unspecified atom stereocenters. The molecule has 0 atom stereocenters. The first-order valence-electron chi connectivity index (χ1n) is 9.50. The van der Waals surface area contributed by atoms with Gasteiger partial charge in [-0.1, -0.05) is 71.1 Å². The third-order valence-corrected chi connectivity index (χ3v) is 4.78. The maximum Gasteiger partial charge on any atom is 0.0794 e. The Morgan fingerprint density at radius 3 is 1.36 bits per heavy atom. The molecule has 0 amide bonds. The van der Waals surface area contributed by atoms with Crippen molar-refractivity contribution in [3.05, 3.63) is 0 Å². The van der Waals surface area contributed by atoms with Crippen LogP contribution in [0.15, 0.2) is 0 Å². The molecule has 0 fully saturated rings. The van der Waals surface area contributed by atoms with Gasteiger partial charge in [0, 0.05) is 12.3 Å². The van der Waals surface area contributed by atoms with Crippen molar-refractivity contribution in [3.8, 4) is 0 Å². The Hall–Kier alpha value is 0.730. The summed E-state index contributed by atoms with van der Waals surface area (Å²) < 4.78 is 1.14. The Bertz CT molecular complexity index is 210. The maximum atomic E-state index is 5.78. The molecule has 136 valence electrons. The zero-order valence-corrected chi connectivity index (χ0v) is 17.9. The zero-order chi connectivity index (χ0) is 15.8. The highest BCUT2D eigenvalue weighted by molar-refractivity contribution is 6.17. The lowest BCUT2D eigenvalue weighted by Gasteiger charge is -2.29. The summed E-state index contributed by atoms with van der Waals surface area (Å²) >= 11 is 5.78. The Morgan fingerprint density at radius 1 is 0.591 bits per heavy atom. The molecule has 1 nitrogen and oxygen atoms in total. The minimum atomic E-state index is 0. The lowest BCUT2D eigenvalue weighted by Crippen LogP contribution is -3.00. The van der Waals surface area contributed by atoms with Gasteiger partial charge in [0.05, 0.1) is 27.2 Å². The summed E-state index contributed by atoms with van der Waals surface area (Å²) in [4.78, 5) is 0. The fourth-order valence-corrected chi connectivity index (χ4v) is 3.10. The van der Waals surface area contributed by atoms with Crippen LogP contribution < -0.4 is 17.0 Å². The van der Waals surface area contributed by atoms with E-state index in [1.54, 1.807) is 0 Å². The Balaban J connectivity index is 0. The molecule has 0 saturated heterocycles. The first-order chi connectivity index (χ1) is 10.1. The average molecular weight is 399 g/mol. The van der Waals surface area contributed by atoms with Gasteiger partial charge in [0.15, 0.2) is 0 Å². The summed E-state index contributed by atoms with van der Waals surface area (Å²) in [5.74, 6) is 0.806. The molecule has 0 rings (SSSR count). The summed E-state index contributed by atoms with van der Waals surface area (Å²) in [6.45, 7) is 4.83. The fraction of sp³-hybridized carbons (Fsp3) is 1.00. The smallest absolute Gasteiger partial charge is 0.0794 e. The molecule has 0 bridgehead atoms. The molecule has 22 heavy (non-hydrogen) atoms. The van der Waals surface area contributed by atoms with Crippen LogP contribution >= 0.6 is 11.6 Å². The molecular formula is C19H41BrClN. The summed E-state index contributed by atoms with van der Waals surface area (Å²) in [7, 11) is 4.68. The highest BCUT2D eigenvalue weighted by Gasteiger charge is 2.12. The average Bonchev–Trinajstić information content (AvgIpc) is 2.46. The van der Waals surface area contributed by atoms with E-state index in [0.29, 0.717) is 0 Å². The standard InChI is InChI=1S/C19H41ClN.BrH/c1-4-5-6-7-8-9-10-11-12-13-14-15-18-21(2,3)19-16-17-20;/h4-19H2,1-3H3;1H/q+1;/p-1. The first kappa shape index (κ1) is 25.0. The maximum absolute atomic E-state index is 5.78. The van der Waals surface area contributed by atoms with Crippen molar-refractivity contribution >= 4 is 11.6 Å². The molecule has 0 saturated carbocycles. The summed E-state index contributed by atoms with van der Waals surface area (Å²) in [5, 5.41) is 0. The second-order valence-corrected chi connectivity index (χ2v) is 7.69. The topological polar surface area (TPSA) is 0 Å². The number of rotatable bonds is 16. The van der Waals surface area contributed by atoms with Gasteiger partial charge < -0.3 is 21.5 Å². The number of alkyl halides is 1. The molecule has 0 aromatic heterocycles. The first-order valence-corrected chi connectivity index (χ1v) is 10.0. The third-order valence-electron chi connectivity index (χ3n) is 4.51. The molecule has 3 heteroatoms. The van der Waals surface area contributed by atoms with Crippen molar-refractivity contribution in [2.24, 2.45) is 0 Å². The second kappa shape index (κ2) is 18.1. The number of hydrogen-bond donors (Lipinski definition) is 0. The highest BCUT2D eigenvalue weighted by Crippen LogP contribution is 2.12. The predicted molar refractivity (Wildman–Crippen MR) is 98.3 cm³/mol. The molecule has 0 aliphatic heterocycles. The fourth-order valence-electron chi connectivity index (χ4n) is 2.98. The van der Waals surface area contributed by atoms with Gasteiger partial charge in [0.2, 0.25) is 0 Å². The SMILES string of the molecule is CCCCCCCCCCCCCC[N+](C)(C)CCCCl.[Br-]. The zero-order valence-electron chi connectivity index (χ0n) is 15.5. The molecule has 0 spiro atoms. The predicted octanol–water partition coefficient (Wildman–Crippen LogP) is 3.40. The van der Waals surface area contributed by atoms with Crippen molar-refractivity contribution in [1.82, 2.24) is 0 Å². The van der Waals surface area contributed by atoms with Crippen molar-refractivity contribution < 1.29 is 21.5 Å². The van der Waals surface area contributed by atoms with Crippen LogP contribution in [0.2, 0.25) is 0 Å². The molecule has 0 aromatic carbocycles. The summed E-state index contributed by atoms with van der Waals surface area (Å²) in [6.07, 6.45) is 18.4. The van der Waals surface area contributed by atoms with Crippen LogP contribution in [0.3, 0.4) is 0 Å². The van der Waals surface area contributed by atoms with E-state index in [-0.39, 0.29) is 17.0 Å². The molecule has 0 radical (unpaired) electrons. The van der Waals surface area contributed by atoms with E-state index >= 15 is 0 Å². The van der Waals surface area contributed by atoms with Gasteiger partial charge in [-0.3, -0.25) is 0 Å². The van der Waals surface area contributed by atoms with Gasteiger partial charge in [-0.2, -0.15) is 0 Å². The minimum absolute atomic E-state index is 0. The van der Waals surface area contributed by atoms with E-state index in [2.05, 4.69) is 21.0 Å². The number of nitrogens with zero attached hydrogens (tertiary/aromatic N) is 1. The number of unbranched alkanes of at least 4 members (excludes halogenated alkanes) is 11. The summed E-state index contributed by atoms with van der Waals surface area (Å²) in [5.41, 5.74) is 0. The van der Waals surface area contributed by atoms with E-state index in [4.69, 9.17) is 11.6 Å². The van der Waals surface area contributed by atoms with Gasteiger partial charge in [0.1, 0.15) is 0 Å². The van der Waals surface area contributed by atoms with E-state index in [1.807, 2.05) is 0 Å². The third kappa shape index (κ3) is 18.8. The van der Waals surface area contributed by atoms with E-state index in [9.17, 15) is 0 Å². The van der Waals surface area contributed by atoms with Gasteiger partial charge in [-0.15, -0.1) is 11.6 Å². The van der Waals surface area contributed by atoms with Crippen molar-refractivity contribution in [3.63, 3.8) is 0 Å². The van der Waals surface area contributed by atoms with Gasteiger partial charge in [-0.25, -0.2) is 0 Å². The van der Waals surface area contributed by atoms with Gasteiger partial charge >= 0.3 is 0 Å². The quantitative estimate of drug-likeness (QED) is 0.212. The van der Waals surface area contributed by atoms with Crippen molar-refractivity contribution in [2.45, 2.75) is 90.4 Å². The molecule has 0 heterocycles. The second-order valence-electron chi connectivity index (χ2n) is 7.31. The van der Waals surface area contributed by atoms with Crippen LogP contribution in [0, 0.1) is 0 Å². The normalized spacial score (nSPS) is 11.5. The lowest BCUT2D eigenvalue weighted by molar-refractivity contribution is -0.890. The van der Waals surface area contributed by atoms with Crippen molar-refractivity contribution in [2.75, 3.05) is 33.1 Å². The van der Waals surface area contributed by atoms with Crippen LogP contribution in [0.25, 0.3) is 0 Å². The van der Waals surface area contributed by atoms with Crippen molar-refractivity contribution in [1.29, 1.82) is 0 Å². The van der Waals surface area contributed by atoms with Gasteiger partial charge in [0.25, 0.3) is 0 Å². The van der Waals surface area contributed by atoms with Crippen LogP contribution in [0.4, 0.5) is 0 Å². The molecule has 0 aliphatic carbocycles. The Kier molecular flexibility index (Phi) is 20.5. The van der Waals surface area contributed by atoms with E-state index in [0.717, 1.165) is 16.8 Å². The number of halogens is 2. The minimum Gasteiger partial charge on any atom is -1.00 e. The van der Waals surface area contributed by atoms with Gasteiger partial charge in [-0.05, 0) is 12.8 Å². The van der Waals surface area contributed by atoms with Crippen LogP contribution in [0.1, 0.15) is 90.4 Å². The number of quaternary nitrogens is 1. The number of hydrogen-bond acceptors (Lipinski definition) is 0.